The van der Waals surface area contributed by atoms with Crippen LogP contribution in [0.3, 0.4) is 0 Å². The second-order valence-electron chi connectivity index (χ2n) is 5.68. The largest absolute Gasteiger partial charge is 0.490 e. The number of rotatable bonds is 6. The van der Waals surface area contributed by atoms with Gasteiger partial charge in [0, 0.05) is 31.1 Å². The summed E-state index contributed by atoms with van der Waals surface area (Å²) in [4.78, 5) is 12.0. The highest BCUT2D eigenvalue weighted by Crippen LogP contribution is 2.31. The molecule has 0 fully saturated rings. The van der Waals surface area contributed by atoms with E-state index in [-0.39, 0.29) is 23.9 Å². The summed E-state index contributed by atoms with van der Waals surface area (Å²) in [5.74, 6) is 0.708. The zero-order valence-corrected chi connectivity index (χ0v) is 14.9. The lowest BCUT2D eigenvalue weighted by Gasteiger charge is -2.11. The van der Waals surface area contributed by atoms with Crippen LogP contribution in [0.4, 0.5) is 0 Å². The molecule has 2 aromatic carbocycles. The molecule has 1 heterocycles. The molecule has 1 amide bonds. The Morgan fingerprint density at radius 1 is 0.962 bits per heavy atom. The molecule has 1 aliphatic heterocycles. The third kappa shape index (κ3) is 4.53. The van der Waals surface area contributed by atoms with Gasteiger partial charge in [-0.3, -0.25) is 4.79 Å². The topological polar surface area (TPSA) is 93.7 Å². The van der Waals surface area contributed by atoms with Gasteiger partial charge in [-0.25, -0.2) is 13.1 Å². The number of fused-ring (bicyclic) bond motifs is 1. The van der Waals surface area contributed by atoms with Crippen LogP contribution in [0.25, 0.3) is 0 Å². The van der Waals surface area contributed by atoms with Crippen LogP contribution in [0.2, 0.25) is 0 Å². The maximum atomic E-state index is 12.4. The summed E-state index contributed by atoms with van der Waals surface area (Å²) < 4.78 is 38.3. The van der Waals surface area contributed by atoms with Crippen molar-refractivity contribution in [1.29, 1.82) is 0 Å². The summed E-state index contributed by atoms with van der Waals surface area (Å²) in [6.45, 7) is 1.28. The Morgan fingerprint density at radius 3 is 2.46 bits per heavy atom. The van der Waals surface area contributed by atoms with E-state index in [2.05, 4.69) is 10.0 Å². The van der Waals surface area contributed by atoms with E-state index in [1.807, 2.05) is 6.07 Å². The summed E-state index contributed by atoms with van der Waals surface area (Å²) >= 11 is 0. The Balaban J connectivity index is 1.56. The highest BCUT2D eigenvalue weighted by Gasteiger charge is 2.18. The Labute approximate surface area is 152 Å². The van der Waals surface area contributed by atoms with Crippen molar-refractivity contribution in [2.75, 3.05) is 26.3 Å². The fraction of sp³-hybridized carbons (Fsp3) is 0.278. The molecule has 2 aromatic rings. The van der Waals surface area contributed by atoms with Gasteiger partial charge < -0.3 is 14.8 Å². The molecule has 0 atom stereocenters. The third-order valence-corrected chi connectivity index (χ3v) is 5.23. The van der Waals surface area contributed by atoms with E-state index < -0.39 is 10.0 Å². The Hall–Kier alpha value is -2.58. The summed E-state index contributed by atoms with van der Waals surface area (Å²) in [5, 5.41) is 2.67. The summed E-state index contributed by atoms with van der Waals surface area (Å²) in [6, 6.07) is 13.2. The van der Waals surface area contributed by atoms with Crippen LogP contribution in [0.1, 0.15) is 16.8 Å². The first-order valence-corrected chi connectivity index (χ1v) is 9.77. The van der Waals surface area contributed by atoms with E-state index in [1.165, 1.54) is 12.1 Å². The van der Waals surface area contributed by atoms with Crippen molar-refractivity contribution in [3.63, 3.8) is 0 Å². The normalized spacial score (nSPS) is 13.7. The van der Waals surface area contributed by atoms with E-state index >= 15 is 0 Å². The van der Waals surface area contributed by atoms with Crippen LogP contribution in [-0.2, 0) is 10.0 Å². The fourth-order valence-corrected chi connectivity index (χ4v) is 3.49. The number of hydrogen-bond donors (Lipinski definition) is 2. The number of carbonyl (C=O) groups excluding carboxylic acids is 1. The second kappa shape index (κ2) is 8.20. The standard InChI is InChI=1S/C18H20N2O5S/c21-18(14-5-2-1-3-6-14)19-9-10-20-26(22,23)15-7-8-16-17(13-15)25-12-4-11-24-16/h1-3,5-8,13,20H,4,9-12H2,(H,19,21). The Kier molecular flexibility index (Phi) is 5.75. The molecule has 3 rings (SSSR count). The minimum Gasteiger partial charge on any atom is -0.490 e. The Morgan fingerprint density at radius 2 is 1.69 bits per heavy atom. The van der Waals surface area contributed by atoms with Gasteiger partial charge in [0.2, 0.25) is 10.0 Å². The minimum atomic E-state index is -3.71. The lowest BCUT2D eigenvalue weighted by Crippen LogP contribution is -2.34. The molecule has 8 heteroatoms. The third-order valence-electron chi connectivity index (χ3n) is 3.77. The van der Waals surface area contributed by atoms with E-state index in [4.69, 9.17) is 9.47 Å². The van der Waals surface area contributed by atoms with Gasteiger partial charge >= 0.3 is 0 Å². The molecule has 0 unspecified atom stereocenters. The molecule has 1 aliphatic rings. The maximum absolute atomic E-state index is 12.4. The van der Waals surface area contributed by atoms with E-state index in [1.54, 1.807) is 30.3 Å². The van der Waals surface area contributed by atoms with Gasteiger partial charge in [-0.1, -0.05) is 18.2 Å². The van der Waals surface area contributed by atoms with Crippen molar-refractivity contribution in [3.8, 4) is 11.5 Å². The molecule has 0 saturated heterocycles. The van der Waals surface area contributed by atoms with Crippen LogP contribution < -0.4 is 19.5 Å². The van der Waals surface area contributed by atoms with Gasteiger partial charge in [0.15, 0.2) is 11.5 Å². The molecule has 7 nitrogen and oxygen atoms in total. The van der Waals surface area contributed by atoms with Crippen molar-refractivity contribution >= 4 is 15.9 Å². The molecular weight excluding hydrogens is 356 g/mol. The lowest BCUT2D eigenvalue weighted by molar-refractivity contribution is 0.0954. The van der Waals surface area contributed by atoms with Crippen LogP contribution in [0, 0.1) is 0 Å². The maximum Gasteiger partial charge on any atom is 0.251 e. The number of amides is 1. The van der Waals surface area contributed by atoms with Crippen LogP contribution in [-0.4, -0.2) is 40.6 Å². The van der Waals surface area contributed by atoms with E-state index in [9.17, 15) is 13.2 Å². The molecule has 0 spiro atoms. The molecular formula is C18H20N2O5S. The molecule has 2 N–H and O–H groups in total. The van der Waals surface area contributed by atoms with Crippen molar-refractivity contribution in [3.05, 3.63) is 54.1 Å². The Bertz CT molecular complexity index is 868. The smallest absolute Gasteiger partial charge is 0.251 e. The minimum absolute atomic E-state index is 0.0787. The van der Waals surface area contributed by atoms with Crippen molar-refractivity contribution < 1.29 is 22.7 Å². The van der Waals surface area contributed by atoms with Crippen LogP contribution in [0.5, 0.6) is 11.5 Å². The first-order chi connectivity index (χ1) is 12.6. The first kappa shape index (κ1) is 18.2. The van der Waals surface area contributed by atoms with E-state index in [0.29, 0.717) is 30.3 Å². The molecule has 0 radical (unpaired) electrons. The lowest BCUT2D eigenvalue weighted by atomic mass is 10.2. The first-order valence-electron chi connectivity index (χ1n) is 8.29. The van der Waals surface area contributed by atoms with Gasteiger partial charge in [0.25, 0.3) is 5.91 Å². The van der Waals surface area contributed by atoms with Crippen molar-refractivity contribution in [1.82, 2.24) is 10.0 Å². The zero-order valence-electron chi connectivity index (χ0n) is 14.1. The quantitative estimate of drug-likeness (QED) is 0.746. The average molecular weight is 376 g/mol. The molecule has 0 aromatic heterocycles. The number of sulfonamides is 1. The summed E-state index contributed by atoms with van der Waals surface area (Å²) in [5.41, 5.74) is 0.526. The second-order valence-corrected chi connectivity index (χ2v) is 7.45. The molecule has 138 valence electrons. The fourth-order valence-electron chi connectivity index (χ4n) is 2.45. The van der Waals surface area contributed by atoms with E-state index in [0.717, 1.165) is 6.42 Å². The van der Waals surface area contributed by atoms with Crippen molar-refractivity contribution in [2.24, 2.45) is 0 Å². The predicted octanol–water partition coefficient (Wildman–Crippen LogP) is 1.56. The van der Waals surface area contributed by atoms with Crippen molar-refractivity contribution in [2.45, 2.75) is 11.3 Å². The number of carbonyl (C=O) groups is 1. The highest BCUT2D eigenvalue weighted by molar-refractivity contribution is 7.89. The zero-order chi connectivity index (χ0) is 18.4. The SMILES string of the molecule is O=C(NCCNS(=O)(=O)c1ccc2c(c1)OCCCO2)c1ccccc1. The van der Waals surface area contributed by atoms with Gasteiger partial charge in [0.1, 0.15) is 0 Å². The van der Waals surface area contributed by atoms with Gasteiger partial charge in [-0.2, -0.15) is 0 Å². The summed E-state index contributed by atoms with van der Waals surface area (Å²) in [6.07, 6.45) is 0.746. The molecule has 0 aliphatic carbocycles. The number of hydrogen-bond acceptors (Lipinski definition) is 5. The monoisotopic (exact) mass is 376 g/mol. The molecule has 0 saturated carbocycles. The van der Waals surface area contributed by atoms with Crippen LogP contribution in [0.15, 0.2) is 53.4 Å². The predicted molar refractivity (Wildman–Crippen MR) is 96.0 cm³/mol. The van der Waals surface area contributed by atoms with Crippen LogP contribution >= 0.6 is 0 Å². The number of nitrogens with one attached hydrogen (secondary N) is 2. The summed E-state index contributed by atoms with van der Waals surface area (Å²) in [7, 11) is -3.71. The number of benzene rings is 2. The molecule has 0 bridgehead atoms. The van der Waals surface area contributed by atoms with Gasteiger partial charge in [-0.05, 0) is 24.3 Å². The molecule has 26 heavy (non-hydrogen) atoms. The number of ether oxygens (including phenoxy) is 2. The van der Waals surface area contributed by atoms with Gasteiger partial charge in [0.05, 0.1) is 18.1 Å². The van der Waals surface area contributed by atoms with Gasteiger partial charge in [-0.15, -0.1) is 0 Å². The highest BCUT2D eigenvalue weighted by atomic mass is 32.2. The average Bonchev–Trinajstić information content (AvgIpc) is 2.90.